The van der Waals surface area contributed by atoms with Gasteiger partial charge in [0.1, 0.15) is 19.0 Å². The Morgan fingerprint density at radius 3 is 2.55 bits per heavy atom. The molecule has 2 fully saturated rings. The van der Waals surface area contributed by atoms with Crippen molar-refractivity contribution >= 4 is 11.6 Å². The Morgan fingerprint density at radius 2 is 1.95 bits per heavy atom. The molecule has 0 saturated carbocycles. The fourth-order valence-corrected chi connectivity index (χ4v) is 2.63. The summed E-state index contributed by atoms with van der Waals surface area (Å²) in [6.07, 6.45) is 1.71. The van der Waals surface area contributed by atoms with E-state index in [1.54, 1.807) is 0 Å². The molecule has 106 valence electrons. The number of ether oxygens (including phenoxy) is 2. The molecular formula is C15H18N2O3. The highest BCUT2D eigenvalue weighted by Gasteiger charge is 2.38. The summed E-state index contributed by atoms with van der Waals surface area (Å²) in [7, 11) is 0. The predicted octanol–water partition coefficient (Wildman–Crippen LogP) is 1.37. The topological polar surface area (TPSA) is 50.8 Å². The summed E-state index contributed by atoms with van der Waals surface area (Å²) < 4.78 is 11.0. The molecule has 0 aromatic heterocycles. The monoisotopic (exact) mass is 274 g/mol. The van der Waals surface area contributed by atoms with Crippen molar-refractivity contribution in [1.82, 2.24) is 4.90 Å². The van der Waals surface area contributed by atoms with Crippen LogP contribution in [0.5, 0.6) is 0 Å². The van der Waals surface area contributed by atoms with Gasteiger partial charge in [-0.2, -0.15) is 0 Å². The highest BCUT2D eigenvalue weighted by atomic mass is 16.7. The Morgan fingerprint density at radius 1 is 1.30 bits per heavy atom. The first kappa shape index (κ1) is 13.3. The SMILES string of the molecule is C=CC(=O)Nc1ccc(CN2C[C@@H]3OCO[C@@H]3C2)cc1. The van der Waals surface area contributed by atoms with Crippen molar-refractivity contribution in [3.8, 4) is 0 Å². The van der Waals surface area contributed by atoms with Gasteiger partial charge in [0.25, 0.3) is 0 Å². The van der Waals surface area contributed by atoms with Gasteiger partial charge < -0.3 is 14.8 Å². The van der Waals surface area contributed by atoms with Gasteiger partial charge in [-0.05, 0) is 23.8 Å². The van der Waals surface area contributed by atoms with Crippen LogP contribution in [0.4, 0.5) is 5.69 Å². The van der Waals surface area contributed by atoms with E-state index in [2.05, 4.69) is 16.8 Å². The van der Waals surface area contributed by atoms with Crippen molar-refractivity contribution in [1.29, 1.82) is 0 Å². The molecule has 2 aliphatic heterocycles. The number of carbonyl (C=O) groups excluding carboxylic acids is 1. The number of anilines is 1. The van der Waals surface area contributed by atoms with E-state index in [4.69, 9.17) is 9.47 Å². The molecule has 1 aromatic carbocycles. The van der Waals surface area contributed by atoms with Crippen molar-refractivity contribution in [3.63, 3.8) is 0 Å². The molecule has 0 bridgehead atoms. The molecule has 1 N–H and O–H groups in total. The number of carbonyl (C=O) groups is 1. The first-order chi connectivity index (χ1) is 9.74. The first-order valence-electron chi connectivity index (χ1n) is 6.72. The molecule has 0 spiro atoms. The molecule has 2 atom stereocenters. The van der Waals surface area contributed by atoms with Crippen LogP contribution in [0.25, 0.3) is 0 Å². The fourth-order valence-electron chi connectivity index (χ4n) is 2.63. The van der Waals surface area contributed by atoms with Gasteiger partial charge in [-0.25, -0.2) is 0 Å². The van der Waals surface area contributed by atoms with E-state index >= 15 is 0 Å². The van der Waals surface area contributed by atoms with Gasteiger partial charge in [0, 0.05) is 25.3 Å². The van der Waals surface area contributed by atoms with Crippen LogP contribution in [0.2, 0.25) is 0 Å². The maximum absolute atomic E-state index is 11.2. The lowest BCUT2D eigenvalue weighted by Crippen LogP contribution is -2.23. The van der Waals surface area contributed by atoms with Gasteiger partial charge in [-0.15, -0.1) is 0 Å². The minimum Gasteiger partial charge on any atom is -0.348 e. The van der Waals surface area contributed by atoms with E-state index in [0.717, 1.165) is 25.3 Å². The predicted molar refractivity (Wildman–Crippen MR) is 75.2 cm³/mol. The Labute approximate surface area is 118 Å². The van der Waals surface area contributed by atoms with E-state index in [1.165, 1.54) is 11.6 Å². The first-order valence-corrected chi connectivity index (χ1v) is 6.72. The molecule has 1 amide bonds. The van der Waals surface area contributed by atoms with Gasteiger partial charge in [-0.1, -0.05) is 18.7 Å². The number of rotatable bonds is 4. The largest absolute Gasteiger partial charge is 0.348 e. The summed E-state index contributed by atoms with van der Waals surface area (Å²) in [5.41, 5.74) is 1.99. The van der Waals surface area contributed by atoms with E-state index in [-0.39, 0.29) is 18.1 Å². The Bertz CT molecular complexity index is 488. The molecule has 5 nitrogen and oxygen atoms in total. The Balaban J connectivity index is 1.56. The quantitative estimate of drug-likeness (QED) is 0.843. The minimum atomic E-state index is -0.195. The number of nitrogens with zero attached hydrogens (tertiary/aromatic N) is 1. The van der Waals surface area contributed by atoms with Crippen molar-refractivity contribution < 1.29 is 14.3 Å². The van der Waals surface area contributed by atoms with Gasteiger partial charge in [0.05, 0.1) is 0 Å². The van der Waals surface area contributed by atoms with Crippen LogP contribution < -0.4 is 5.32 Å². The van der Waals surface area contributed by atoms with Crippen molar-refractivity contribution in [2.45, 2.75) is 18.8 Å². The summed E-state index contributed by atoms with van der Waals surface area (Å²) in [4.78, 5) is 13.5. The van der Waals surface area contributed by atoms with E-state index in [9.17, 15) is 4.79 Å². The van der Waals surface area contributed by atoms with Crippen LogP contribution in [-0.4, -0.2) is 42.9 Å². The highest BCUT2D eigenvalue weighted by molar-refractivity contribution is 5.98. The van der Waals surface area contributed by atoms with Crippen LogP contribution >= 0.6 is 0 Å². The van der Waals surface area contributed by atoms with Crippen LogP contribution in [0.3, 0.4) is 0 Å². The van der Waals surface area contributed by atoms with Crippen LogP contribution in [0.1, 0.15) is 5.56 Å². The van der Waals surface area contributed by atoms with Crippen LogP contribution in [0.15, 0.2) is 36.9 Å². The zero-order valence-electron chi connectivity index (χ0n) is 11.2. The van der Waals surface area contributed by atoms with Gasteiger partial charge in [0.15, 0.2) is 0 Å². The van der Waals surface area contributed by atoms with E-state index in [0.29, 0.717) is 6.79 Å². The number of amides is 1. The Hall–Kier alpha value is -1.69. The van der Waals surface area contributed by atoms with Crippen LogP contribution in [-0.2, 0) is 20.8 Å². The zero-order valence-corrected chi connectivity index (χ0v) is 11.2. The summed E-state index contributed by atoms with van der Waals surface area (Å²) in [6.45, 7) is 6.56. The standard InChI is InChI=1S/C15H18N2O3/c1-2-15(18)16-12-5-3-11(4-6-12)7-17-8-13-14(9-17)20-10-19-13/h2-6,13-14H,1,7-10H2,(H,16,18)/t13-,14+. The fraction of sp³-hybridized carbons (Fsp3) is 0.400. The average molecular weight is 274 g/mol. The second kappa shape index (κ2) is 5.75. The summed E-state index contributed by atoms with van der Waals surface area (Å²) in [5.74, 6) is -0.195. The molecule has 2 aliphatic rings. The molecular weight excluding hydrogens is 256 g/mol. The molecule has 20 heavy (non-hydrogen) atoms. The lowest BCUT2D eigenvalue weighted by atomic mass is 10.2. The Kier molecular flexibility index (Phi) is 3.82. The lowest BCUT2D eigenvalue weighted by molar-refractivity contribution is -0.111. The van der Waals surface area contributed by atoms with Crippen molar-refractivity contribution in [3.05, 3.63) is 42.5 Å². The molecule has 0 aliphatic carbocycles. The zero-order chi connectivity index (χ0) is 13.9. The van der Waals surface area contributed by atoms with Crippen molar-refractivity contribution in [2.75, 3.05) is 25.2 Å². The molecule has 0 unspecified atom stereocenters. The second-order valence-electron chi connectivity index (χ2n) is 5.11. The van der Waals surface area contributed by atoms with Gasteiger partial charge in [0.2, 0.25) is 5.91 Å². The molecule has 3 rings (SSSR count). The molecule has 1 aromatic rings. The van der Waals surface area contributed by atoms with E-state index < -0.39 is 0 Å². The second-order valence-corrected chi connectivity index (χ2v) is 5.11. The molecule has 2 heterocycles. The van der Waals surface area contributed by atoms with Gasteiger partial charge in [-0.3, -0.25) is 9.69 Å². The maximum Gasteiger partial charge on any atom is 0.247 e. The molecule has 5 heteroatoms. The average Bonchev–Trinajstić information content (AvgIpc) is 3.02. The number of hydrogen-bond acceptors (Lipinski definition) is 4. The normalized spacial score (nSPS) is 25.4. The third-order valence-corrected chi connectivity index (χ3v) is 3.67. The summed E-state index contributed by atoms with van der Waals surface area (Å²) in [6, 6.07) is 7.85. The van der Waals surface area contributed by atoms with E-state index in [1.807, 2.05) is 24.3 Å². The number of likely N-dealkylation sites (tertiary alicyclic amines) is 1. The van der Waals surface area contributed by atoms with Gasteiger partial charge >= 0.3 is 0 Å². The summed E-state index contributed by atoms with van der Waals surface area (Å²) in [5, 5.41) is 2.73. The third kappa shape index (κ3) is 2.90. The summed E-state index contributed by atoms with van der Waals surface area (Å²) >= 11 is 0. The number of benzene rings is 1. The third-order valence-electron chi connectivity index (χ3n) is 3.67. The maximum atomic E-state index is 11.2. The lowest BCUT2D eigenvalue weighted by Gasteiger charge is -2.16. The number of fused-ring (bicyclic) bond motifs is 1. The van der Waals surface area contributed by atoms with Crippen LogP contribution in [0, 0.1) is 0 Å². The number of hydrogen-bond donors (Lipinski definition) is 1. The highest BCUT2D eigenvalue weighted by Crippen LogP contribution is 2.23. The molecule has 0 radical (unpaired) electrons. The minimum absolute atomic E-state index is 0.195. The smallest absolute Gasteiger partial charge is 0.247 e. The molecule has 2 saturated heterocycles. The van der Waals surface area contributed by atoms with Crippen molar-refractivity contribution in [2.24, 2.45) is 0 Å². The number of nitrogens with one attached hydrogen (secondary N) is 1.